The molecule has 0 spiro atoms. The number of halogens is 2. The molecule has 2 saturated carbocycles. The first-order chi connectivity index (χ1) is 9.62. The van der Waals surface area contributed by atoms with Gasteiger partial charge in [0, 0.05) is 8.65 Å². The summed E-state index contributed by atoms with van der Waals surface area (Å²) in [5.74, 6) is 0.849. The van der Waals surface area contributed by atoms with Gasteiger partial charge in [0.2, 0.25) is 0 Å². The Kier molecular flexibility index (Phi) is 6.92. The van der Waals surface area contributed by atoms with E-state index in [9.17, 15) is 0 Å². The molecule has 0 aromatic rings. The van der Waals surface area contributed by atoms with Crippen LogP contribution in [0.3, 0.4) is 0 Å². The van der Waals surface area contributed by atoms with Crippen LogP contribution in [0.4, 0.5) is 0 Å². The van der Waals surface area contributed by atoms with Crippen molar-refractivity contribution in [2.24, 2.45) is 5.92 Å². The van der Waals surface area contributed by atoms with Gasteiger partial charge in [-0.1, -0.05) is 103 Å². The Bertz CT molecular complexity index is 281. The molecule has 0 aliphatic heterocycles. The van der Waals surface area contributed by atoms with Gasteiger partial charge < -0.3 is 0 Å². The van der Waals surface area contributed by atoms with E-state index >= 15 is 0 Å². The molecule has 2 heteroatoms. The van der Waals surface area contributed by atoms with E-state index in [0.29, 0.717) is 8.65 Å². The summed E-state index contributed by atoms with van der Waals surface area (Å²) < 4.78 is 0.685. The van der Waals surface area contributed by atoms with Crippen molar-refractivity contribution in [2.45, 2.75) is 105 Å². The topological polar surface area (TPSA) is 0 Å². The highest BCUT2D eigenvalue weighted by molar-refractivity contribution is 9.13. The van der Waals surface area contributed by atoms with Crippen molar-refractivity contribution < 1.29 is 0 Å². The molecule has 0 nitrogen and oxygen atoms in total. The van der Waals surface area contributed by atoms with Gasteiger partial charge in [-0.2, -0.15) is 0 Å². The van der Waals surface area contributed by atoms with Crippen LogP contribution in [-0.2, 0) is 0 Å². The number of rotatable bonds is 2. The minimum atomic E-state index is 0.340. The largest absolute Gasteiger partial charge is 0.0838 e. The third kappa shape index (κ3) is 3.83. The molecule has 0 aromatic carbocycles. The van der Waals surface area contributed by atoms with Gasteiger partial charge in [0.25, 0.3) is 0 Å². The van der Waals surface area contributed by atoms with E-state index in [-0.39, 0.29) is 0 Å². The second kappa shape index (κ2) is 7.99. The number of hydrogen-bond donors (Lipinski definition) is 0. The van der Waals surface area contributed by atoms with Crippen molar-refractivity contribution in [2.75, 3.05) is 0 Å². The van der Waals surface area contributed by atoms with Crippen LogP contribution in [0.5, 0.6) is 0 Å². The highest BCUT2D eigenvalue weighted by Gasteiger charge is 2.51. The zero-order chi connectivity index (χ0) is 14.5. The average molecular weight is 408 g/mol. The highest BCUT2D eigenvalue weighted by Crippen LogP contribution is 2.56. The van der Waals surface area contributed by atoms with Crippen LogP contribution < -0.4 is 0 Å². The first kappa shape index (κ1) is 17.3. The molecule has 0 heterocycles. The maximum atomic E-state index is 4.34. The van der Waals surface area contributed by atoms with Gasteiger partial charge in [-0.05, 0) is 31.6 Å². The Hall–Kier alpha value is 0.960. The maximum absolute atomic E-state index is 4.34. The molecule has 2 aliphatic rings. The van der Waals surface area contributed by atoms with E-state index in [1.807, 2.05) is 0 Å². The van der Waals surface area contributed by atoms with E-state index in [1.165, 1.54) is 89.9 Å². The molecule has 2 aliphatic carbocycles. The van der Waals surface area contributed by atoms with E-state index in [2.05, 4.69) is 38.8 Å². The molecule has 0 saturated heterocycles. The van der Waals surface area contributed by atoms with Crippen molar-refractivity contribution in [3.8, 4) is 0 Å². The molecule has 2 atom stereocenters. The van der Waals surface area contributed by atoms with Crippen LogP contribution in [0.25, 0.3) is 0 Å². The van der Waals surface area contributed by atoms with Gasteiger partial charge in [0.05, 0.1) is 0 Å². The lowest BCUT2D eigenvalue weighted by molar-refractivity contribution is 0.218. The SMILES string of the molecule is CCC1CCCCCCC1(Br)C1(Br)CCCCCCC1. The maximum Gasteiger partial charge on any atom is 0.0438 e. The Morgan fingerprint density at radius 3 is 1.85 bits per heavy atom. The first-order valence-corrected chi connectivity index (χ1v) is 10.6. The monoisotopic (exact) mass is 406 g/mol. The van der Waals surface area contributed by atoms with Crippen molar-refractivity contribution in [1.29, 1.82) is 0 Å². The van der Waals surface area contributed by atoms with Gasteiger partial charge in [-0.3, -0.25) is 0 Å². The van der Waals surface area contributed by atoms with Crippen LogP contribution in [-0.4, -0.2) is 8.65 Å². The lowest BCUT2D eigenvalue weighted by atomic mass is 9.69. The third-order valence-corrected chi connectivity index (χ3v) is 9.71. The molecular formula is C18H32Br2. The van der Waals surface area contributed by atoms with E-state index in [1.54, 1.807) is 0 Å². The Morgan fingerprint density at radius 2 is 1.25 bits per heavy atom. The Labute approximate surface area is 143 Å². The first-order valence-electron chi connectivity index (χ1n) is 9.00. The van der Waals surface area contributed by atoms with Crippen molar-refractivity contribution in [1.82, 2.24) is 0 Å². The van der Waals surface area contributed by atoms with Gasteiger partial charge in [0.1, 0.15) is 0 Å². The molecule has 0 aromatic heterocycles. The number of hydrogen-bond acceptors (Lipinski definition) is 0. The lowest BCUT2D eigenvalue weighted by Crippen LogP contribution is -2.51. The lowest BCUT2D eigenvalue weighted by Gasteiger charge is -2.50. The van der Waals surface area contributed by atoms with E-state index < -0.39 is 0 Å². The fourth-order valence-electron chi connectivity index (χ4n) is 4.56. The molecule has 2 fully saturated rings. The molecule has 0 radical (unpaired) electrons. The van der Waals surface area contributed by atoms with Crippen molar-refractivity contribution in [3.05, 3.63) is 0 Å². The Morgan fingerprint density at radius 1 is 0.750 bits per heavy atom. The quantitative estimate of drug-likeness (QED) is 0.418. The second-order valence-electron chi connectivity index (χ2n) is 7.15. The zero-order valence-electron chi connectivity index (χ0n) is 13.2. The fraction of sp³-hybridized carbons (Fsp3) is 1.00. The average Bonchev–Trinajstić information content (AvgIpc) is 2.39. The standard InChI is InChI=1S/C18H32Br2/c1-2-16-12-8-4-7-11-15-18(16,20)17(19)13-9-5-3-6-10-14-17/h16H,2-15H2,1H3. The van der Waals surface area contributed by atoms with Crippen LogP contribution in [0.15, 0.2) is 0 Å². The summed E-state index contributed by atoms with van der Waals surface area (Å²) in [5, 5.41) is 0. The van der Waals surface area contributed by atoms with Crippen LogP contribution in [0.2, 0.25) is 0 Å². The van der Waals surface area contributed by atoms with Crippen molar-refractivity contribution >= 4 is 31.9 Å². The smallest absolute Gasteiger partial charge is 0.0438 e. The fourth-order valence-corrected chi connectivity index (χ4v) is 6.87. The van der Waals surface area contributed by atoms with Crippen molar-refractivity contribution in [3.63, 3.8) is 0 Å². The molecule has 2 rings (SSSR count). The summed E-state index contributed by atoms with van der Waals surface area (Å²) in [5.41, 5.74) is 0. The molecule has 20 heavy (non-hydrogen) atoms. The molecule has 0 bridgehead atoms. The van der Waals surface area contributed by atoms with Crippen LogP contribution >= 0.6 is 31.9 Å². The molecule has 118 valence electrons. The second-order valence-corrected chi connectivity index (χ2v) is 10.1. The summed E-state index contributed by atoms with van der Waals surface area (Å²) in [6.45, 7) is 2.40. The predicted octanol–water partition coefficient (Wildman–Crippen LogP) is 7.38. The summed E-state index contributed by atoms with van der Waals surface area (Å²) in [7, 11) is 0. The summed E-state index contributed by atoms with van der Waals surface area (Å²) >= 11 is 8.63. The summed E-state index contributed by atoms with van der Waals surface area (Å²) in [6.07, 6.45) is 19.8. The predicted molar refractivity (Wildman–Crippen MR) is 97.1 cm³/mol. The molecule has 0 N–H and O–H groups in total. The van der Waals surface area contributed by atoms with Gasteiger partial charge in [-0.15, -0.1) is 0 Å². The van der Waals surface area contributed by atoms with E-state index in [0.717, 1.165) is 5.92 Å². The van der Waals surface area contributed by atoms with Gasteiger partial charge >= 0.3 is 0 Å². The van der Waals surface area contributed by atoms with Crippen LogP contribution in [0, 0.1) is 5.92 Å². The number of alkyl halides is 2. The molecule has 0 amide bonds. The molecule has 2 unspecified atom stereocenters. The van der Waals surface area contributed by atoms with Crippen LogP contribution in [0.1, 0.15) is 96.8 Å². The minimum absolute atomic E-state index is 0.340. The van der Waals surface area contributed by atoms with E-state index in [4.69, 9.17) is 0 Å². The normalized spacial score (nSPS) is 36.5. The Balaban J connectivity index is 2.20. The summed E-state index contributed by atoms with van der Waals surface area (Å²) in [6, 6.07) is 0. The van der Waals surface area contributed by atoms with Gasteiger partial charge in [0.15, 0.2) is 0 Å². The summed E-state index contributed by atoms with van der Waals surface area (Å²) in [4.78, 5) is 0. The minimum Gasteiger partial charge on any atom is -0.0838 e. The highest BCUT2D eigenvalue weighted by atomic mass is 79.9. The third-order valence-electron chi connectivity index (χ3n) is 5.87. The zero-order valence-corrected chi connectivity index (χ0v) is 16.4. The molecular weight excluding hydrogens is 376 g/mol. The van der Waals surface area contributed by atoms with Gasteiger partial charge in [-0.25, -0.2) is 0 Å².